The zero-order valence-corrected chi connectivity index (χ0v) is 7.65. The van der Waals surface area contributed by atoms with Crippen molar-refractivity contribution in [3.8, 4) is 0 Å². The van der Waals surface area contributed by atoms with Crippen LogP contribution in [0.15, 0.2) is 6.20 Å². The summed E-state index contributed by atoms with van der Waals surface area (Å²) in [6, 6.07) is 0. The molecule has 1 saturated carbocycles. The van der Waals surface area contributed by atoms with Crippen molar-refractivity contribution >= 4 is 17.6 Å². The smallest absolute Gasteiger partial charge is 0.356 e. The van der Waals surface area contributed by atoms with Crippen LogP contribution in [-0.4, -0.2) is 37.9 Å². The summed E-state index contributed by atoms with van der Waals surface area (Å²) < 4.78 is 0. The van der Waals surface area contributed by atoms with Gasteiger partial charge in [0.15, 0.2) is 5.69 Å². The van der Waals surface area contributed by atoms with Crippen LogP contribution in [0.2, 0.25) is 0 Å². The maximum absolute atomic E-state index is 11.4. The molecule has 1 heterocycles. The molecule has 0 spiro atoms. The Hall–Kier alpha value is -1.89. The molecular weight excluding hydrogens is 202 g/mol. The summed E-state index contributed by atoms with van der Waals surface area (Å²) in [5.41, 5.74) is -1.46. The lowest BCUT2D eigenvalue weighted by Gasteiger charge is -2.07. The van der Waals surface area contributed by atoms with Crippen molar-refractivity contribution in [2.75, 3.05) is 5.32 Å². The van der Waals surface area contributed by atoms with Crippen LogP contribution in [0.25, 0.3) is 0 Å². The van der Waals surface area contributed by atoms with Crippen molar-refractivity contribution in [3.63, 3.8) is 0 Å². The minimum Gasteiger partial charge on any atom is -0.476 e. The maximum atomic E-state index is 11.4. The third kappa shape index (κ3) is 1.68. The Kier molecular flexibility index (Phi) is 1.97. The fourth-order valence-corrected chi connectivity index (χ4v) is 1.13. The van der Waals surface area contributed by atoms with E-state index in [1.165, 1.54) is 6.20 Å². The Labute approximate surface area is 84.1 Å². The Morgan fingerprint density at radius 3 is 2.73 bits per heavy atom. The van der Waals surface area contributed by atoms with E-state index in [2.05, 4.69) is 15.5 Å². The fraction of sp³-hybridized carbons (Fsp3) is 0.375. The molecule has 4 N–H and O–H groups in total. The van der Waals surface area contributed by atoms with E-state index in [9.17, 15) is 14.7 Å². The number of hydrogen-bond acceptors (Lipinski definition) is 4. The SMILES string of the molecule is O=C(O)c1[nH]ncc1NC(=O)C1(O)CC1. The first-order valence-corrected chi connectivity index (χ1v) is 4.33. The monoisotopic (exact) mass is 211 g/mol. The average molecular weight is 211 g/mol. The van der Waals surface area contributed by atoms with E-state index in [-0.39, 0.29) is 11.4 Å². The highest BCUT2D eigenvalue weighted by Crippen LogP contribution is 2.36. The van der Waals surface area contributed by atoms with Gasteiger partial charge in [0, 0.05) is 0 Å². The Balaban J connectivity index is 2.14. The van der Waals surface area contributed by atoms with E-state index < -0.39 is 17.5 Å². The molecule has 0 saturated heterocycles. The first-order valence-electron chi connectivity index (χ1n) is 4.33. The normalized spacial score (nSPS) is 17.1. The van der Waals surface area contributed by atoms with Crippen molar-refractivity contribution in [1.29, 1.82) is 0 Å². The predicted octanol–water partition coefficient (Wildman–Crippen LogP) is -0.429. The number of carboxylic acid groups (broad SMARTS) is 1. The standard InChI is InChI=1S/C8H9N3O4/c12-6(13)5-4(3-9-11-5)10-7(14)8(15)1-2-8/h3,15H,1-2H2,(H,9,11)(H,10,14)(H,12,13). The molecule has 7 heteroatoms. The summed E-state index contributed by atoms with van der Waals surface area (Å²) in [6.45, 7) is 0. The highest BCUT2D eigenvalue weighted by molar-refractivity contribution is 6.03. The van der Waals surface area contributed by atoms with Gasteiger partial charge in [-0.15, -0.1) is 0 Å². The predicted molar refractivity (Wildman–Crippen MR) is 48.4 cm³/mol. The summed E-state index contributed by atoms with van der Waals surface area (Å²) >= 11 is 0. The number of aromatic nitrogens is 2. The van der Waals surface area contributed by atoms with E-state index in [1.54, 1.807) is 0 Å². The second-order valence-electron chi connectivity index (χ2n) is 3.45. The number of carbonyl (C=O) groups is 2. The first-order chi connectivity index (χ1) is 7.03. The molecule has 1 amide bonds. The summed E-state index contributed by atoms with van der Waals surface area (Å²) in [5, 5.41) is 26.2. The molecule has 0 atom stereocenters. The largest absolute Gasteiger partial charge is 0.476 e. The molecule has 0 bridgehead atoms. The van der Waals surface area contributed by atoms with Crippen LogP contribution in [0.4, 0.5) is 5.69 Å². The quantitative estimate of drug-likeness (QED) is 0.541. The Morgan fingerprint density at radius 1 is 1.53 bits per heavy atom. The topological polar surface area (TPSA) is 115 Å². The zero-order chi connectivity index (χ0) is 11.1. The van der Waals surface area contributed by atoms with Gasteiger partial charge in [0.1, 0.15) is 5.60 Å². The summed E-state index contributed by atoms with van der Waals surface area (Å²) in [5.74, 6) is -1.81. The number of aromatic amines is 1. The number of nitrogens with one attached hydrogen (secondary N) is 2. The third-order valence-electron chi connectivity index (χ3n) is 2.25. The van der Waals surface area contributed by atoms with Crippen molar-refractivity contribution < 1.29 is 19.8 Å². The van der Waals surface area contributed by atoms with Crippen LogP contribution in [0, 0.1) is 0 Å². The van der Waals surface area contributed by atoms with Gasteiger partial charge >= 0.3 is 5.97 Å². The van der Waals surface area contributed by atoms with Gasteiger partial charge in [-0.1, -0.05) is 0 Å². The van der Waals surface area contributed by atoms with Crippen LogP contribution in [0.1, 0.15) is 23.3 Å². The number of H-pyrrole nitrogens is 1. The van der Waals surface area contributed by atoms with Crippen LogP contribution < -0.4 is 5.32 Å². The fourth-order valence-electron chi connectivity index (χ4n) is 1.13. The van der Waals surface area contributed by atoms with Crippen molar-refractivity contribution in [2.45, 2.75) is 18.4 Å². The summed E-state index contributed by atoms with van der Waals surface area (Å²) in [6.07, 6.45) is 1.99. The number of carboxylic acids is 1. The maximum Gasteiger partial charge on any atom is 0.356 e. The number of carbonyl (C=O) groups excluding carboxylic acids is 1. The van der Waals surface area contributed by atoms with Crippen molar-refractivity contribution in [3.05, 3.63) is 11.9 Å². The number of nitrogens with zero attached hydrogens (tertiary/aromatic N) is 1. The van der Waals surface area contributed by atoms with Crippen molar-refractivity contribution in [2.24, 2.45) is 0 Å². The molecule has 0 unspecified atom stereocenters. The molecule has 2 rings (SSSR count). The first kappa shape index (κ1) is 9.66. The number of amides is 1. The van der Waals surface area contributed by atoms with E-state index in [1.807, 2.05) is 0 Å². The third-order valence-corrected chi connectivity index (χ3v) is 2.25. The molecule has 7 nitrogen and oxygen atoms in total. The van der Waals surface area contributed by atoms with Gasteiger partial charge in [-0.3, -0.25) is 9.89 Å². The van der Waals surface area contributed by atoms with Gasteiger partial charge in [-0.05, 0) is 12.8 Å². The second kappa shape index (κ2) is 3.06. The van der Waals surface area contributed by atoms with Crippen LogP contribution in [0.5, 0.6) is 0 Å². The van der Waals surface area contributed by atoms with Crippen LogP contribution in [-0.2, 0) is 4.79 Å². The lowest BCUT2D eigenvalue weighted by atomic mass is 10.3. The lowest BCUT2D eigenvalue weighted by Crippen LogP contribution is -2.29. The van der Waals surface area contributed by atoms with Gasteiger partial charge in [0.05, 0.1) is 11.9 Å². The minimum absolute atomic E-state index is 0.0628. The van der Waals surface area contributed by atoms with Gasteiger partial charge < -0.3 is 15.5 Å². The highest BCUT2D eigenvalue weighted by atomic mass is 16.4. The molecule has 1 aromatic heterocycles. The number of anilines is 1. The molecule has 1 aromatic rings. The molecule has 0 aliphatic heterocycles. The zero-order valence-electron chi connectivity index (χ0n) is 7.65. The molecule has 0 radical (unpaired) electrons. The van der Waals surface area contributed by atoms with E-state index in [0.717, 1.165) is 0 Å². The van der Waals surface area contributed by atoms with E-state index in [0.29, 0.717) is 12.8 Å². The average Bonchev–Trinajstić information content (AvgIpc) is 2.77. The van der Waals surface area contributed by atoms with E-state index >= 15 is 0 Å². The lowest BCUT2D eigenvalue weighted by molar-refractivity contribution is -0.125. The molecule has 15 heavy (non-hydrogen) atoms. The van der Waals surface area contributed by atoms with Crippen LogP contribution >= 0.6 is 0 Å². The number of rotatable bonds is 3. The molecular formula is C8H9N3O4. The highest BCUT2D eigenvalue weighted by Gasteiger charge is 2.48. The van der Waals surface area contributed by atoms with Gasteiger partial charge in [-0.25, -0.2) is 4.79 Å². The molecule has 80 valence electrons. The molecule has 1 fully saturated rings. The number of aliphatic hydroxyl groups is 1. The summed E-state index contributed by atoms with van der Waals surface area (Å²) in [7, 11) is 0. The van der Waals surface area contributed by atoms with E-state index in [4.69, 9.17) is 5.11 Å². The Bertz CT molecular complexity index is 421. The van der Waals surface area contributed by atoms with Gasteiger partial charge in [0.25, 0.3) is 5.91 Å². The minimum atomic E-state index is -1.33. The van der Waals surface area contributed by atoms with Gasteiger partial charge in [0.2, 0.25) is 0 Å². The number of aromatic carboxylic acids is 1. The van der Waals surface area contributed by atoms with Crippen molar-refractivity contribution in [1.82, 2.24) is 10.2 Å². The molecule has 0 aromatic carbocycles. The number of hydrogen-bond donors (Lipinski definition) is 4. The van der Waals surface area contributed by atoms with Gasteiger partial charge in [-0.2, -0.15) is 5.10 Å². The molecule has 1 aliphatic carbocycles. The molecule has 1 aliphatic rings. The van der Waals surface area contributed by atoms with Crippen LogP contribution in [0.3, 0.4) is 0 Å². The summed E-state index contributed by atoms with van der Waals surface area (Å²) in [4.78, 5) is 22.0. The Morgan fingerprint density at radius 2 is 2.20 bits per heavy atom. The second-order valence-corrected chi connectivity index (χ2v) is 3.45.